The Balaban J connectivity index is 1.92. The molecule has 0 aromatic heterocycles. The Morgan fingerprint density at radius 3 is 2.90 bits per heavy atom. The van der Waals surface area contributed by atoms with Gasteiger partial charge >= 0.3 is 0 Å². The van der Waals surface area contributed by atoms with Crippen LogP contribution in [0.25, 0.3) is 0 Å². The van der Waals surface area contributed by atoms with Gasteiger partial charge in [-0.25, -0.2) is 0 Å². The number of hydrazine groups is 1. The predicted octanol–water partition coefficient (Wildman–Crippen LogP) is 2.27. The maximum atomic E-state index is 5.44. The number of benzene rings is 1. The molecule has 0 spiro atoms. The van der Waals surface area contributed by atoms with Gasteiger partial charge in [0.05, 0.1) is 13.3 Å². The quantitative estimate of drug-likeness (QED) is 0.614. The molecule has 5 nitrogen and oxygen atoms in total. The Bertz CT molecular complexity index is 576. The standard InChI is InChI=1S/C14H17BrN4OS/c1-20-12-4-2-3-11(9-12)5-6-18-7-8-19(10-13(18)15)17-14(16)21/h2-4,7-10H,5-6H2,1H3,(H3,16,17,21). The van der Waals surface area contributed by atoms with E-state index in [1.807, 2.05) is 36.8 Å². The Labute approximate surface area is 138 Å². The summed E-state index contributed by atoms with van der Waals surface area (Å²) < 4.78 is 6.16. The smallest absolute Gasteiger partial charge is 0.183 e. The van der Waals surface area contributed by atoms with Gasteiger partial charge in [0, 0.05) is 18.9 Å². The van der Waals surface area contributed by atoms with Gasteiger partial charge in [-0.2, -0.15) is 0 Å². The first-order chi connectivity index (χ1) is 10.1. The van der Waals surface area contributed by atoms with E-state index in [1.54, 1.807) is 12.1 Å². The first kappa shape index (κ1) is 15.7. The molecular weight excluding hydrogens is 352 g/mol. The van der Waals surface area contributed by atoms with Crippen molar-refractivity contribution in [2.45, 2.75) is 6.42 Å². The van der Waals surface area contributed by atoms with Crippen molar-refractivity contribution in [2.24, 2.45) is 5.73 Å². The lowest BCUT2D eigenvalue weighted by Gasteiger charge is -2.28. The van der Waals surface area contributed by atoms with E-state index in [-0.39, 0.29) is 5.11 Å². The zero-order valence-corrected chi connectivity index (χ0v) is 14.0. The summed E-state index contributed by atoms with van der Waals surface area (Å²) in [6.45, 7) is 0.849. The van der Waals surface area contributed by atoms with Crippen LogP contribution >= 0.6 is 28.1 Å². The van der Waals surface area contributed by atoms with Crippen molar-refractivity contribution in [3.8, 4) is 5.75 Å². The van der Waals surface area contributed by atoms with Crippen molar-refractivity contribution >= 4 is 33.3 Å². The summed E-state index contributed by atoms with van der Waals surface area (Å²) in [7, 11) is 1.68. The fraction of sp³-hybridized carbons (Fsp3) is 0.214. The van der Waals surface area contributed by atoms with Gasteiger partial charge in [0.2, 0.25) is 0 Å². The molecule has 21 heavy (non-hydrogen) atoms. The van der Waals surface area contributed by atoms with Gasteiger partial charge in [0.25, 0.3) is 0 Å². The minimum Gasteiger partial charge on any atom is -0.497 e. The lowest BCUT2D eigenvalue weighted by molar-refractivity contribution is 0.390. The van der Waals surface area contributed by atoms with Gasteiger partial charge in [-0.3, -0.25) is 10.4 Å². The van der Waals surface area contributed by atoms with Crippen LogP contribution in [0.5, 0.6) is 5.75 Å². The van der Waals surface area contributed by atoms with Gasteiger partial charge < -0.3 is 15.4 Å². The zero-order valence-electron chi connectivity index (χ0n) is 11.6. The molecule has 0 amide bonds. The van der Waals surface area contributed by atoms with Crippen LogP contribution in [-0.2, 0) is 6.42 Å². The molecule has 1 aliphatic rings. The molecule has 0 atom stereocenters. The van der Waals surface area contributed by atoms with Crippen molar-refractivity contribution < 1.29 is 4.74 Å². The summed E-state index contributed by atoms with van der Waals surface area (Å²) in [5, 5.41) is 1.93. The van der Waals surface area contributed by atoms with E-state index in [2.05, 4.69) is 32.3 Å². The minimum atomic E-state index is 0.223. The number of rotatable bonds is 5. The lowest BCUT2D eigenvalue weighted by Crippen LogP contribution is -2.40. The SMILES string of the molecule is COc1cccc(CCN2C=CN(NC(N)=S)C=C2Br)c1. The molecule has 0 radical (unpaired) electrons. The molecule has 2 rings (SSSR count). The summed E-state index contributed by atoms with van der Waals surface area (Å²) in [5.74, 6) is 0.878. The van der Waals surface area contributed by atoms with E-state index in [9.17, 15) is 0 Å². The number of hydrogen-bond acceptors (Lipinski definition) is 4. The molecule has 0 saturated heterocycles. The van der Waals surface area contributed by atoms with Crippen LogP contribution < -0.4 is 15.9 Å². The Morgan fingerprint density at radius 2 is 2.24 bits per heavy atom. The monoisotopic (exact) mass is 368 g/mol. The van der Waals surface area contributed by atoms with Crippen LogP contribution in [0, 0.1) is 0 Å². The number of nitrogens with zero attached hydrogens (tertiary/aromatic N) is 2. The summed E-state index contributed by atoms with van der Waals surface area (Å²) in [5.41, 5.74) is 9.50. The second-order valence-corrected chi connectivity index (χ2v) is 5.68. The molecule has 0 unspecified atom stereocenters. The fourth-order valence-electron chi connectivity index (χ4n) is 1.91. The number of halogens is 1. The number of nitrogens with two attached hydrogens (primary N) is 1. The number of ether oxygens (including phenoxy) is 1. The molecular formula is C14H17BrN4OS. The van der Waals surface area contributed by atoms with Gasteiger partial charge in [-0.1, -0.05) is 12.1 Å². The summed E-state index contributed by atoms with van der Waals surface area (Å²) >= 11 is 8.34. The van der Waals surface area contributed by atoms with Crippen molar-refractivity contribution in [2.75, 3.05) is 13.7 Å². The highest BCUT2D eigenvalue weighted by atomic mass is 79.9. The highest BCUT2D eigenvalue weighted by Crippen LogP contribution is 2.19. The predicted molar refractivity (Wildman–Crippen MR) is 91.3 cm³/mol. The third-order valence-corrected chi connectivity index (χ3v) is 3.69. The molecule has 3 N–H and O–H groups in total. The van der Waals surface area contributed by atoms with E-state index in [0.29, 0.717) is 0 Å². The highest BCUT2D eigenvalue weighted by Gasteiger charge is 2.11. The maximum Gasteiger partial charge on any atom is 0.183 e. The van der Waals surface area contributed by atoms with Crippen molar-refractivity contribution in [3.05, 3.63) is 53.0 Å². The topological polar surface area (TPSA) is 53.8 Å². The van der Waals surface area contributed by atoms with Crippen LogP contribution in [0.2, 0.25) is 0 Å². The van der Waals surface area contributed by atoms with Gasteiger partial charge in [0.1, 0.15) is 10.4 Å². The molecule has 1 aromatic carbocycles. The third kappa shape index (κ3) is 4.64. The highest BCUT2D eigenvalue weighted by molar-refractivity contribution is 9.11. The number of nitrogens with one attached hydrogen (secondary N) is 1. The van der Waals surface area contributed by atoms with E-state index in [0.717, 1.165) is 23.3 Å². The second kappa shape index (κ2) is 7.33. The first-order valence-electron chi connectivity index (χ1n) is 6.38. The molecule has 1 aromatic rings. The largest absolute Gasteiger partial charge is 0.497 e. The third-order valence-electron chi connectivity index (χ3n) is 2.94. The Kier molecular flexibility index (Phi) is 5.46. The minimum absolute atomic E-state index is 0.223. The molecule has 0 saturated carbocycles. The maximum absolute atomic E-state index is 5.44. The van der Waals surface area contributed by atoms with Crippen molar-refractivity contribution in [3.63, 3.8) is 0 Å². The Morgan fingerprint density at radius 1 is 1.43 bits per heavy atom. The second-order valence-electron chi connectivity index (χ2n) is 4.43. The zero-order chi connectivity index (χ0) is 15.2. The Hall–Kier alpha value is -1.73. The molecule has 0 aliphatic carbocycles. The van der Waals surface area contributed by atoms with E-state index in [1.165, 1.54) is 5.56 Å². The molecule has 0 fully saturated rings. The average Bonchev–Trinajstić information content (AvgIpc) is 2.46. The summed E-state index contributed by atoms with van der Waals surface area (Å²) in [6, 6.07) is 8.08. The van der Waals surface area contributed by atoms with Crippen LogP contribution in [0.15, 0.2) is 47.5 Å². The van der Waals surface area contributed by atoms with Crippen molar-refractivity contribution in [1.29, 1.82) is 0 Å². The van der Waals surface area contributed by atoms with E-state index >= 15 is 0 Å². The number of thiocarbonyl (C=S) groups is 1. The van der Waals surface area contributed by atoms with E-state index < -0.39 is 0 Å². The normalized spacial score (nSPS) is 13.9. The van der Waals surface area contributed by atoms with Crippen LogP contribution in [0.4, 0.5) is 0 Å². The summed E-state index contributed by atoms with van der Waals surface area (Å²) in [4.78, 5) is 2.09. The molecule has 1 heterocycles. The van der Waals surface area contributed by atoms with Crippen LogP contribution in [0.3, 0.4) is 0 Å². The van der Waals surface area contributed by atoms with Crippen molar-refractivity contribution in [1.82, 2.24) is 15.3 Å². The number of hydrogen-bond donors (Lipinski definition) is 2. The van der Waals surface area contributed by atoms with Gasteiger partial charge in [-0.05, 0) is 52.3 Å². The van der Waals surface area contributed by atoms with Gasteiger partial charge in [-0.15, -0.1) is 0 Å². The molecule has 1 aliphatic heterocycles. The van der Waals surface area contributed by atoms with Gasteiger partial charge in [0.15, 0.2) is 5.11 Å². The van der Waals surface area contributed by atoms with Crippen LogP contribution in [0.1, 0.15) is 5.56 Å². The summed E-state index contributed by atoms with van der Waals surface area (Å²) in [6.07, 6.45) is 6.59. The van der Waals surface area contributed by atoms with E-state index in [4.69, 9.17) is 22.7 Å². The number of methoxy groups -OCH3 is 1. The van der Waals surface area contributed by atoms with Crippen LogP contribution in [-0.4, -0.2) is 28.7 Å². The fourth-order valence-corrected chi connectivity index (χ4v) is 2.53. The molecule has 7 heteroatoms. The average molecular weight is 369 g/mol. The molecule has 112 valence electrons. The first-order valence-corrected chi connectivity index (χ1v) is 7.58. The molecule has 0 bridgehead atoms. The lowest BCUT2D eigenvalue weighted by atomic mass is 10.1.